The number of rotatable bonds is 7. The molecule has 27 heavy (non-hydrogen) atoms. The third kappa shape index (κ3) is 5.65. The first-order valence-corrected chi connectivity index (χ1v) is 8.88. The zero-order valence-corrected chi connectivity index (χ0v) is 16.4. The second kappa shape index (κ2) is 9.86. The van der Waals surface area contributed by atoms with Gasteiger partial charge in [0.1, 0.15) is 17.4 Å². The van der Waals surface area contributed by atoms with E-state index in [2.05, 4.69) is 5.32 Å². The van der Waals surface area contributed by atoms with Gasteiger partial charge in [0.25, 0.3) is 5.91 Å². The van der Waals surface area contributed by atoms with Crippen LogP contribution in [0, 0.1) is 11.3 Å². The van der Waals surface area contributed by atoms with Crippen molar-refractivity contribution in [3.8, 4) is 17.6 Å². The second-order valence-electron chi connectivity index (χ2n) is 5.45. The lowest BCUT2D eigenvalue weighted by molar-refractivity contribution is -0.117. The van der Waals surface area contributed by atoms with Gasteiger partial charge in [-0.25, -0.2) is 0 Å². The zero-order valence-electron chi connectivity index (χ0n) is 14.9. The number of hydrogen-bond donors (Lipinski definition) is 1. The predicted octanol–water partition coefficient (Wildman–Crippen LogP) is 4.62. The lowest BCUT2D eigenvalue weighted by atomic mass is 10.1. The van der Waals surface area contributed by atoms with Crippen LogP contribution >= 0.6 is 23.2 Å². The van der Waals surface area contributed by atoms with Gasteiger partial charge in [-0.2, -0.15) is 5.26 Å². The molecule has 0 heterocycles. The van der Waals surface area contributed by atoms with Gasteiger partial charge in [0, 0.05) is 6.54 Å². The standard InChI is InChI=1S/C20H18Cl2N2O3/c1-3-27-19-17(21)9-14(10-18(19)22)8-15(11-23)20(25)24-12-13-4-6-16(26-2)7-5-13/h4-10H,3,12H2,1-2H3,(H,24,25)/b15-8-. The van der Waals surface area contributed by atoms with Gasteiger partial charge < -0.3 is 14.8 Å². The van der Waals surface area contributed by atoms with E-state index in [1.54, 1.807) is 31.4 Å². The Kier molecular flexibility index (Phi) is 7.54. The molecule has 0 aromatic heterocycles. The van der Waals surface area contributed by atoms with Crippen molar-refractivity contribution in [3.63, 3.8) is 0 Å². The molecule has 0 unspecified atom stereocenters. The lowest BCUT2D eigenvalue weighted by Crippen LogP contribution is -2.23. The summed E-state index contributed by atoms with van der Waals surface area (Å²) in [7, 11) is 1.58. The van der Waals surface area contributed by atoms with Gasteiger partial charge in [-0.3, -0.25) is 4.79 Å². The van der Waals surface area contributed by atoms with E-state index in [4.69, 9.17) is 32.7 Å². The number of nitrogens with one attached hydrogen (secondary N) is 1. The van der Waals surface area contributed by atoms with Crippen LogP contribution in [0.1, 0.15) is 18.1 Å². The fourth-order valence-electron chi connectivity index (χ4n) is 2.28. The van der Waals surface area contributed by atoms with Crippen LogP contribution in [0.5, 0.6) is 11.5 Å². The summed E-state index contributed by atoms with van der Waals surface area (Å²) >= 11 is 12.3. The largest absolute Gasteiger partial charge is 0.497 e. The monoisotopic (exact) mass is 404 g/mol. The third-order valence-electron chi connectivity index (χ3n) is 3.60. The quantitative estimate of drug-likeness (QED) is 0.539. The Morgan fingerprint density at radius 1 is 1.22 bits per heavy atom. The average molecular weight is 405 g/mol. The summed E-state index contributed by atoms with van der Waals surface area (Å²) in [5.41, 5.74) is 1.36. The molecule has 0 saturated heterocycles. The molecule has 0 aliphatic rings. The van der Waals surface area contributed by atoms with Gasteiger partial charge in [0.05, 0.1) is 23.8 Å². The summed E-state index contributed by atoms with van der Waals surface area (Å²) in [6.07, 6.45) is 1.43. The molecule has 0 spiro atoms. The van der Waals surface area contributed by atoms with Gasteiger partial charge in [0.2, 0.25) is 0 Å². The predicted molar refractivity (Wildman–Crippen MR) is 106 cm³/mol. The van der Waals surface area contributed by atoms with Crippen LogP contribution in [0.2, 0.25) is 10.0 Å². The summed E-state index contributed by atoms with van der Waals surface area (Å²) in [5.74, 6) is 0.613. The summed E-state index contributed by atoms with van der Waals surface area (Å²) in [5, 5.41) is 12.6. The number of ether oxygens (including phenoxy) is 2. The molecule has 1 amide bonds. The topological polar surface area (TPSA) is 71.3 Å². The van der Waals surface area contributed by atoms with Crippen molar-refractivity contribution < 1.29 is 14.3 Å². The Hall–Kier alpha value is -2.68. The molecule has 140 valence electrons. The van der Waals surface area contributed by atoms with Crippen molar-refractivity contribution in [2.75, 3.05) is 13.7 Å². The summed E-state index contributed by atoms with van der Waals surface area (Å²) in [4.78, 5) is 12.3. The Morgan fingerprint density at radius 2 is 1.85 bits per heavy atom. The number of hydrogen-bond acceptors (Lipinski definition) is 4. The van der Waals surface area contributed by atoms with Crippen LogP contribution in [-0.2, 0) is 11.3 Å². The molecule has 0 aliphatic heterocycles. The first-order valence-electron chi connectivity index (χ1n) is 8.13. The van der Waals surface area contributed by atoms with E-state index in [1.165, 1.54) is 6.08 Å². The fraction of sp³-hybridized carbons (Fsp3) is 0.200. The Bertz CT molecular complexity index is 864. The minimum Gasteiger partial charge on any atom is -0.497 e. The molecule has 0 fully saturated rings. The number of methoxy groups -OCH3 is 1. The maximum absolute atomic E-state index is 12.3. The number of carbonyl (C=O) groups excluding carboxylic acids is 1. The van der Waals surface area contributed by atoms with Crippen molar-refractivity contribution in [3.05, 3.63) is 63.1 Å². The van der Waals surface area contributed by atoms with Gasteiger partial charge in [-0.1, -0.05) is 35.3 Å². The molecule has 5 nitrogen and oxygen atoms in total. The molecular weight excluding hydrogens is 387 g/mol. The van der Waals surface area contributed by atoms with Gasteiger partial charge in [-0.05, 0) is 48.4 Å². The minimum absolute atomic E-state index is 0.0557. The number of benzene rings is 2. The smallest absolute Gasteiger partial charge is 0.262 e. The van der Waals surface area contributed by atoms with E-state index in [0.29, 0.717) is 28.0 Å². The lowest BCUT2D eigenvalue weighted by Gasteiger charge is -2.09. The molecule has 0 saturated carbocycles. The van der Waals surface area contributed by atoms with Crippen molar-refractivity contribution >= 4 is 35.2 Å². The number of nitrogens with zero attached hydrogens (tertiary/aromatic N) is 1. The normalized spacial score (nSPS) is 10.9. The van der Waals surface area contributed by atoms with Crippen molar-refractivity contribution in [1.29, 1.82) is 5.26 Å². The highest BCUT2D eigenvalue weighted by Gasteiger charge is 2.12. The van der Waals surface area contributed by atoms with E-state index in [9.17, 15) is 10.1 Å². The highest BCUT2D eigenvalue weighted by atomic mass is 35.5. The molecule has 7 heteroatoms. The first kappa shape index (κ1) is 20.6. The van der Waals surface area contributed by atoms with E-state index in [1.807, 2.05) is 25.1 Å². The average Bonchev–Trinajstić information content (AvgIpc) is 2.67. The van der Waals surface area contributed by atoms with Crippen molar-refractivity contribution in [2.45, 2.75) is 13.5 Å². The Morgan fingerprint density at radius 3 is 2.37 bits per heavy atom. The van der Waals surface area contributed by atoms with Crippen LogP contribution in [0.15, 0.2) is 42.0 Å². The van der Waals surface area contributed by atoms with Crippen LogP contribution in [0.3, 0.4) is 0 Å². The van der Waals surface area contributed by atoms with E-state index < -0.39 is 5.91 Å². The SMILES string of the molecule is CCOc1c(Cl)cc(/C=C(/C#N)C(=O)NCc2ccc(OC)cc2)cc1Cl. The molecule has 0 aliphatic carbocycles. The molecule has 0 radical (unpaired) electrons. The van der Waals surface area contributed by atoms with Crippen LogP contribution in [-0.4, -0.2) is 19.6 Å². The number of nitriles is 1. The van der Waals surface area contributed by atoms with E-state index in [-0.39, 0.29) is 12.1 Å². The highest BCUT2D eigenvalue weighted by molar-refractivity contribution is 6.37. The number of amides is 1. The molecular formula is C20H18Cl2N2O3. The molecule has 2 aromatic rings. The Balaban J connectivity index is 2.12. The molecule has 0 atom stereocenters. The van der Waals surface area contributed by atoms with Crippen LogP contribution in [0.4, 0.5) is 0 Å². The second-order valence-corrected chi connectivity index (χ2v) is 6.26. The molecule has 2 rings (SSSR count). The van der Waals surface area contributed by atoms with Gasteiger partial charge >= 0.3 is 0 Å². The van der Waals surface area contributed by atoms with Gasteiger partial charge in [0.15, 0.2) is 5.75 Å². The summed E-state index contributed by atoms with van der Waals surface area (Å²) in [6, 6.07) is 12.3. The minimum atomic E-state index is -0.491. The van der Waals surface area contributed by atoms with Crippen LogP contribution < -0.4 is 14.8 Å². The zero-order chi connectivity index (χ0) is 19.8. The van der Waals surface area contributed by atoms with E-state index >= 15 is 0 Å². The summed E-state index contributed by atoms with van der Waals surface area (Å²) < 4.78 is 10.5. The van der Waals surface area contributed by atoms with Crippen molar-refractivity contribution in [2.24, 2.45) is 0 Å². The Labute approximate surface area is 168 Å². The van der Waals surface area contributed by atoms with Crippen LogP contribution in [0.25, 0.3) is 6.08 Å². The highest BCUT2D eigenvalue weighted by Crippen LogP contribution is 2.34. The summed E-state index contributed by atoms with van der Waals surface area (Å²) in [6.45, 7) is 2.53. The van der Waals surface area contributed by atoms with Gasteiger partial charge in [-0.15, -0.1) is 0 Å². The maximum Gasteiger partial charge on any atom is 0.262 e. The number of carbonyl (C=O) groups is 1. The number of halogens is 2. The first-order chi connectivity index (χ1) is 13.0. The molecule has 0 bridgehead atoms. The third-order valence-corrected chi connectivity index (χ3v) is 4.16. The molecule has 1 N–H and O–H groups in total. The van der Waals surface area contributed by atoms with Crippen molar-refractivity contribution in [1.82, 2.24) is 5.32 Å². The fourth-order valence-corrected chi connectivity index (χ4v) is 2.89. The van der Waals surface area contributed by atoms with E-state index in [0.717, 1.165) is 11.3 Å². The maximum atomic E-state index is 12.3. The molecule has 2 aromatic carbocycles.